The van der Waals surface area contributed by atoms with Crippen LogP contribution in [0.1, 0.15) is 66.4 Å². The summed E-state index contributed by atoms with van der Waals surface area (Å²) in [4.78, 5) is 41.1. The zero-order valence-electron chi connectivity index (χ0n) is 19.5. The van der Waals surface area contributed by atoms with Gasteiger partial charge in [0.1, 0.15) is 11.0 Å². The highest BCUT2D eigenvalue weighted by Gasteiger charge is 2.18. The van der Waals surface area contributed by atoms with E-state index in [9.17, 15) is 18.6 Å². The SMILES string of the molecule is CC(C(=O)NS(=O)CCCCCC(=O)NCCCON)c1ccc(C(=O)c2ccccc2)cc1. The van der Waals surface area contributed by atoms with Crippen LogP contribution in [0.3, 0.4) is 0 Å². The highest BCUT2D eigenvalue weighted by Crippen LogP contribution is 2.18. The molecule has 0 heterocycles. The van der Waals surface area contributed by atoms with E-state index in [1.54, 1.807) is 43.3 Å². The number of carbonyl (C=O) groups excluding carboxylic acids is 3. The Kier molecular flexibility index (Phi) is 12.2. The summed E-state index contributed by atoms with van der Waals surface area (Å²) in [6.07, 6.45) is 3.14. The molecule has 0 saturated carbocycles. The summed E-state index contributed by atoms with van der Waals surface area (Å²) in [6, 6.07) is 15.9. The van der Waals surface area contributed by atoms with Crippen LogP contribution in [0, 0.1) is 0 Å². The molecule has 2 aromatic carbocycles. The molecule has 2 atom stereocenters. The third-order valence-corrected chi connectivity index (χ3v) is 6.40. The van der Waals surface area contributed by atoms with Gasteiger partial charge in [0.05, 0.1) is 12.5 Å². The van der Waals surface area contributed by atoms with Crippen LogP contribution in [0.4, 0.5) is 0 Å². The number of unbranched alkanes of at least 4 members (excludes halogenated alkanes) is 2. The number of carbonyl (C=O) groups is 3. The summed E-state index contributed by atoms with van der Waals surface area (Å²) in [6.45, 7) is 2.66. The first kappa shape index (κ1) is 27.4. The smallest absolute Gasteiger partial charge is 0.238 e. The predicted molar refractivity (Wildman–Crippen MR) is 132 cm³/mol. The first-order chi connectivity index (χ1) is 16.4. The quantitative estimate of drug-likeness (QED) is 0.201. The molecular formula is C25H33N3O5S. The van der Waals surface area contributed by atoms with Gasteiger partial charge in [0, 0.05) is 29.8 Å². The Bertz CT molecular complexity index is 951. The topological polar surface area (TPSA) is 128 Å². The minimum Gasteiger partial charge on any atom is -0.356 e. The second kappa shape index (κ2) is 15.1. The van der Waals surface area contributed by atoms with Gasteiger partial charge in [-0.2, -0.15) is 0 Å². The lowest BCUT2D eigenvalue weighted by Gasteiger charge is -2.13. The monoisotopic (exact) mass is 487 g/mol. The van der Waals surface area contributed by atoms with Gasteiger partial charge in [-0.15, -0.1) is 0 Å². The fraction of sp³-hybridized carbons (Fsp3) is 0.400. The van der Waals surface area contributed by atoms with Crippen LogP contribution in [0.2, 0.25) is 0 Å². The molecule has 0 radical (unpaired) electrons. The lowest BCUT2D eigenvalue weighted by molar-refractivity contribution is -0.121. The van der Waals surface area contributed by atoms with Gasteiger partial charge in [0.2, 0.25) is 11.8 Å². The maximum absolute atomic E-state index is 12.5. The fourth-order valence-corrected chi connectivity index (χ4v) is 4.22. The van der Waals surface area contributed by atoms with Crippen molar-refractivity contribution < 1.29 is 23.4 Å². The summed E-state index contributed by atoms with van der Waals surface area (Å²) >= 11 is 0. The normalized spacial score (nSPS) is 12.5. The third-order valence-electron chi connectivity index (χ3n) is 5.31. The van der Waals surface area contributed by atoms with Crippen molar-refractivity contribution in [2.45, 2.75) is 44.9 Å². The molecule has 0 aliphatic heterocycles. The molecule has 9 heteroatoms. The van der Waals surface area contributed by atoms with Gasteiger partial charge >= 0.3 is 0 Å². The molecule has 2 amide bonds. The zero-order chi connectivity index (χ0) is 24.8. The van der Waals surface area contributed by atoms with Gasteiger partial charge in [-0.25, -0.2) is 10.1 Å². The Morgan fingerprint density at radius 3 is 2.29 bits per heavy atom. The minimum absolute atomic E-state index is 0.0308. The number of nitrogens with one attached hydrogen (secondary N) is 2. The first-order valence-corrected chi connectivity index (χ1v) is 12.7. The number of benzene rings is 2. The van der Waals surface area contributed by atoms with Gasteiger partial charge < -0.3 is 10.2 Å². The summed E-state index contributed by atoms with van der Waals surface area (Å²) in [7, 11) is -1.48. The van der Waals surface area contributed by atoms with Crippen molar-refractivity contribution in [1.29, 1.82) is 0 Å². The molecule has 0 aliphatic rings. The van der Waals surface area contributed by atoms with Crippen molar-refractivity contribution in [3.63, 3.8) is 0 Å². The van der Waals surface area contributed by atoms with E-state index >= 15 is 0 Å². The maximum atomic E-state index is 12.5. The lowest BCUT2D eigenvalue weighted by Crippen LogP contribution is -2.31. The van der Waals surface area contributed by atoms with Gasteiger partial charge in [0.15, 0.2) is 5.78 Å². The van der Waals surface area contributed by atoms with Crippen LogP contribution in [0.25, 0.3) is 0 Å². The Morgan fingerprint density at radius 2 is 1.62 bits per heavy atom. The number of amides is 2. The van der Waals surface area contributed by atoms with E-state index in [2.05, 4.69) is 14.9 Å². The lowest BCUT2D eigenvalue weighted by atomic mass is 9.97. The molecule has 0 aliphatic carbocycles. The maximum Gasteiger partial charge on any atom is 0.238 e. The second-order valence-corrected chi connectivity index (χ2v) is 9.24. The van der Waals surface area contributed by atoms with E-state index in [0.717, 1.165) is 12.0 Å². The van der Waals surface area contributed by atoms with Gasteiger partial charge in [0.25, 0.3) is 0 Å². The Hall–Kier alpha value is -2.88. The van der Waals surface area contributed by atoms with Gasteiger partial charge in [-0.3, -0.25) is 19.1 Å². The molecule has 0 spiro atoms. The highest BCUT2D eigenvalue weighted by molar-refractivity contribution is 7.83. The number of rotatable bonds is 15. The summed E-state index contributed by atoms with van der Waals surface area (Å²) < 4.78 is 14.8. The van der Waals surface area contributed by atoms with Gasteiger partial charge in [-0.05, 0) is 31.7 Å². The van der Waals surface area contributed by atoms with Crippen molar-refractivity contribution >= 4 is 28.6 Å². The van der Waals surface area contributed by atoms with E-state index in [0.29, 0.717) is 55.7 Å². The van der Waals surface area contributed by atoms with Crippen LogP contribution >= 0.6 is 0 Å². The summed E-state index contributed by atoms with van der Waals surface area (Å²) in [5.41, 5.74) is 1.89. The molecule has 0 fully saturated rings. The van der Waals surface area contributed by atoms with Crippen molar-refractivity contribution in [3.8, 4) is 0 Å². The Balaban J connectivity index is 1.69. The average molecular weight is 488 g/mol. The minimum atomic E-state index is -1.48. The summed E-state index contributed by atoms with van der Waals surface area (Å²) in [5, 5.41) is 2.78. The van der Waals surface area contributed by atoms with Crippen LogP contribution in [0.15, 0.2) is 54.6 Å². The Labute approximate surface area is 203 Å². The van der Waals surface area contributed by atoms with E-state index in [-0.39, 0.29) is 17.6 Å². The molecule has 34 heavy (non-hydrogen) atoms. The fourth-order valence-electron chi connectivity index (χ4n) is 3.25. The number of hydrogen-bond acceptors (Lipinski definition) is 6. The molecule has 0 bridgehead atoms. The molecule has 0 aromatic heterocycles. The van der Waals surface area contributed by atoms with Crippen LogP contribution in [-0.2, 0) is 25.4 Å². The molecule has 4 N–H and O–H groups in total. The molecule has 2 aromatic rings. The molecular weight excluding hydrogens is 454 g/mol. The van der Waals surface area contributed by atoms with Crippen LogP contribution < -0.4 is 15.9 Å². The van der Waals surface area contributed by atoms with Crippen molar-refractivity contribution in [1.82, 2.24) is 10.0 Å². The van der Waals surface area contributed by atoms with Crippen molar-refractivity contribution in [3.05, 3.63) is 71.3 Å². The highest BCUT2D eigenvalue weighted by atomic mass is 32.2. The van der Waals surface area contributed by atoms with Crippen LogP contribution in [0.5, 0.6) is 0 Å². The Morgan fingerprint density at radius 1 is 0.941 bits per heavy atom. The largest absolute Gasteiger partial charge is 0.356 e. The number of hydrogen-bond donors (Lipinski definition) is 3. The van der Waals surface area contributed by atoms with E-state index < -0.39 is 16.9 Å². The van der Waals surface area contributed by atoms with E-state index in [1.807, 2.05) is 18.2 Å². The number of nitrogens with two attached hydrogens (primary N) is 1. The van der Waals surface area contributed by atoms with Crippen LogP contribution in [-0.4, -0.2) is 40.7 Å². The molecule has 184 valence electrons. The van der Waals surface area contributed by atoms with Gasteiger partial charge in [-0.1, -0.05) is 61.0 Å². The third kappa shape index (κ3) is 9.54. The second-order valence-electron chi connectivity index (χ2n) is 7.94. The van der Waals surface area contributed by atoms with Crippen molar-refractivity contribution in [2.24, 2.45) is 5.90 Å². The van der Waals surface area contributed by atoms with E-state index in [1.165, 1.54) is 0 Å². The van der Waals surface area contributed by atoms with E-state index in [4.69, 9.17) is 5.90 Å². The summed E-state index contributed by atoms with van der Waals surface area (Å²) in [5.74, 6) is 4.31. The predicted octanol–water partition coefficient (Wildman–Crippen LogP) is 2.76. The zero-order valence-corrected chi connectivity index (χ0v) is 20.3. The molecule has 2 rings (SSSR count). The average Bonchev–Trinajstić information content (AvgIpc) is 2.86. The molecule has 0 saturated heterocycles. The van der Waals surface area contributed by atoms with Crippen molar-refractivity contribution in [2.75, 3.05) is 18.9 Å². The number of ketones is 1. The first-order valence-electron chi connectivity index (χ1n) is 11.4. The standard InChI is InChI=1S/C25H33N3O5S/c1-19(20-12-14-22(15-13-20)24(30)21-9-4-2-5-10-21)25(31)28-34(32)18-7-3-6-11-23(29)27-16-8-17-33-26/h2,4-5,9-10,12-15,19H,3,6-8,11,16-18,26H2,1H3,(H,27,29)(H,28,31). The molecule has 2 unspecified atom stereocenters. The molecule has 8 nitrogen and oxygen atoms in total.